The van der Waals surface area contributed by atoms with Gasteiger partial charge in [0.15, 0.2) is 0 Å². The van der Waals surface area contributed by atoms with Crippen LogP contribution in [0.25, 0.3) is 0 Å². The molecule has 0 aliphatic rings. The number of unbranched alkanes of at least 4 members (excludes halogenated alkanes) is 12. The standard InChI is InChI=1S/C24H49N/c1-3-5-6-7-8-9-10-11-12-13-14-17-21-24(20-4-2)22-18-15-16-19-23-25/h15,18,24H,3-14,16-17,19-23,25H2,1-2H3. The highest BCUT2D eigenvalue weighted by Gasteiger charge is 2.05. The minimum absolute atomic E-state index is 0.821. The largest absolute Gasteiger partial charge is 0.330 e. The van der Waals surface area contributed by atoms with Crippen molar-refractivity contribution in [3.63, 3.8) is 0 Å². The Morgan fingerprint density at radius 1 is 0.600 bits per heavy atom. The average Bonchev–Trinajstić information content (AvgIpc) is 2.62. The molecule has 2 N–H and O–H groups in total. The van der Waals surface area contributed by atoms with Gasteiger partial charge in [0.2, 0.25) is 0 Å². The number of hydrogen-bond donors (Lipinski definition) is 1. The van der Waals surface area contributed by atoms with E-state index < -0.39 is 0 Å². The molecule has 0 fully saturated rings. The molecule has 0 amide bonds. The third kappa shape index (κ3) is 19.9. The molecule has 0 spiro atoms. The van der Waals surface area contributed by atoms with Crippen LogP contribution < -0.4 is 5.73 Å². The summed E-state index contributed by atoms with van der Waals surface area (Å²) in [6.07, 6.45) is 29.9. The Kier molecular flexibility index (Phi) is 21.5. The van der Waals surface area contributed by atoms with Crippen LogP contribution in [0.5, 0.6) is 0 Å². The molecule has 1 atom stereocenters. The Morgan fingerprint density at radius 2 is 1.16 bits per heavy atom. The molecule has 0 saturated heterocycles. The number of allylic oxidation sites excluding steroid dienone is 2. The SMILES string of the molecule is CCCCCCCCCCCCCCC(CC=CCCCN)CCC. The van der Waals surface area contributed by atoms with Crippen LogP contribution in [0.3, 0.4) is 0 Å². The normalized spacial score (nSPS) is 12.9. The predicted octanol–water partition coefficient (Wildman–Crippen LogP) is 8.18. The van der Waals surface area contributed by atoms with Gasteiger partial charge in [0.05, 0.1) is 0 Å². The van der Waals surface area contributed by atoms with Crippen LogP contribution in [0.1, 0.15) is 129 Å². The van der Waals surface area contributed by atoms with Crippen LogP contribution in [-0.4, -0.2) is 6.54 Å². The van der Waals surface area contributed by atoms with Crippen LogP contribution >= 0.6 is 0 Å². The van der Waals surface area contributed by atoms with E-state index >= 15 is 0 Å². The van der Waals surface area contributed by atoms with Crippen LogP contribution in [0.15, 0.2) is 12.2 Å². The van der Waals surface area contributed by atoms with Crippen LogP contribution in [-0.2, 0) is 0 Å². The number of hydrogen-bond acceptors (Lipinski definition) is 1. The lowest BCUT2D eigenvalue weighted by Gasteiger charge is -2.13. The van der Waals surface area contributed by atoms with Crippen molar-refractivity contribution in [3.8, 4) is 0 Å². The topological polar surface area (TPSA) is 26.0 Å². The van der Waals surface area contributed by atoms with E-state index in [2.05, 4.69) is 26.0 Å². The summed E-state index contributed by atoms with van der Waals surface area (Å²) in [5, 5.41) is 0. The smallest absolute Gasteiger partial charge is 0.00743 e. The van der Waals surface area contributed by atoms with Crippen molar-refractivity contribution in [1.29, 1.82) is 0 Å². The predicted molar refractivity (Wildman–Crippen MR) is 116 cm³/mol. The molecule has 1 nitrogen and oxygen atoms in total. The fraction of sp³-hybridized carbons (Fsp3) is 0.917. The summed E-state index contributed by atoms with van der Waals surface area (Å²) in [5.41, 5.74) is 5.54. The van der Waals surface area contributed by atoms with Gasteiger partial charge in [0.1, 0.15) is 0 Å². The van der Waals surface area contributed by atoms with Crippen LogP contribution in [0, 0.1) is 5.92 Å². The van der Waals surface area contributed by atoms with E-state index in [9.17, 15) is 0 Å². The highest BCUT2D eigenvalue weighted by molar-refractivity contribution is 4.84. The summed E-state index contributed by atoms with van der Waals surface area (Å²) in [5.74, 6) is 0.919. The first-order valence-electron chi connectivity index (χ1n) is 11.7. The van der Waals surface area contributed by atoms with Gasteiger partial charge in [-0.15, -0.1) is 0 Å². The number of rotatable bonds is 20. The highest BCUT2D eigenvalue weighted by atomic mass is 14.5. The summed E-state index contributed by atoms with van der Waals surface area (Å²) in [7, 11) is 0. The number of nitrogens with two attached hydrogens (primary N) is 1. The van der Waals surface area contributed by atoms with E-state index in [0.717, 1.165) is 25.3 Å². The Balaban J connectivity index is 3.42. The summed E-state index contributed by atoms with van der Waals surface area (Å²) < 4.78 is 0. The summed E-state index contributed by atoms with van der Waals surface area (Å²) in [6.45, 7) is 5.44. The van der Waals surface area contributed by atoms with Gasteiger partial charge in [0.25, 0.3) is 0 Å². The zero-order valence-corrected chi connectivity index (χ0v) is 17.7. The monoisotopic (exact) mass is 351 g/mol. The van der Waals surface area contributed by atoms with Gasteiger partial charge >= 0.3 is 0 Å². The lowest BCUT2D eigenvalue weighted by Crippen LogP contribution is -1.99. The molecule has 1 heteroatoms. The Hall–Kier alpha value is -0.300. The lowest BCUT2D eigenvalue weighted by molar-refractivity contribution is 0.422. The van der Waals surface area contributed by atoms with Gasteiger partial charge in [-0.3, -0.25) is 0 Å². The molecular weight excluding hydrogens is 302 g/mol. The average molecular weight is 352 g/mol. The van der Waals surface area contributed by atoms with Crippen molar-refractivity contribution in [2.24, 2.45) is 11.7 Å². The van der Waals surface area contributed by atoms with Crippen molar-refractivity contribution < 1.29 is 0 Å². The maximum absolute atomic E-state index is 5.54. The van der Waals surface area contributed by atoms with Crippen molar-refractivity contribution in [1.82, 2.24) is 0 Å². The van der Waals surface area contributed by atoms with Crippen LogP contribution in [0.4, 0.5) is 0 Å². The molecule has 0 aliphatic carbocycles. The second-order valence-corrected chi connectivity index (χ2v) is 7.97. The molecule has 0 aromatic heterocycles. The maximum Gasteiger partial charge on any atom is -0.00743 e. The molecular formula is C24H49N. The Bertz CT molecular complexity index is 259. The van der Waals surface area contributed by atoms with E-state index in [1.807, 2.05) is 0 Å². The molecule has 150 valence electrons. The maximum atomic E-state index is 5.54. The van der Waals surface area contributed by atoms with Gasteiger partial charge in [-0.25, -0.2) is 0 Å². The first kappa shape index (κ1) is 24.7. The van der Waals surface area contributed by atoms with Crippen molar-refractivity contribution >= 4 is 0 Å². The van der Waals surface area contributed by atoms with E-state index in [1.54, 1.807) is 0 Å². The highest BCUT2D eigenvalue weighted by Crippen LogP contribution is 2.21. The molecule has 0 aliphatic heterocycles. The van der Waals surface area contributed by atoms with Crippen LogP contribution in [0.2, 0.25) is 0 Å². The van der Waals surface area contributed by atoms with Gasteiger partial charge < -0.3 is 5.73 Å². The third-order valence-corrected chi connectivity index (χ3v) is 5.37. The Labute approximate surface area is 160 Å². The van der Waals surface area contributed by atoms with E-state index in [-0.39, 0.29) is 0 Å². The first-order valence-corrected chi connectivity index (χ1v) is 11.7. The fourth-order valence-corrected chi connectivity index (χ4v) is 3.70. The minimum Gasteiger partial charge on any atom is -0.330 e. The molecule has 0 bridgehead atoms. The van der Waals surface area contributed by atoms with Crippen molar-refractivity contribution in [2.45, 2.75) is 129 Å². The summed E-state index contributed by atoms with van der Waals surface area (Å²) in [4.78, 5) is 0. The van der Waals surface area contributed by atoms with Crippen molar-refractivity contribution in [3.05, 3.63) is 12.2 Å². The molecule has 0 heterocycles. The Morgan fingerprint density at radius 3 is 1.68 bits per heavy atom. The van der Waals surface area contributed by atoms with Gasteiger partial charge in [-0.05, 0) is 31.7 Å². The second-order valence-electron chi connectivity index (χ2n) is 7.97. The van der Waals surface area contributed by atoms with Gasteiger partial charge in [-0.1, -0.05) is 122 Å². The molecule has 0 aromatic rings. The van der Waals surface area contributed by atoms with E-state index in [1.165, 1.54) is 103 Å². The fourth-order valence-electron chi connectivity index (χ4n) is 3.70. The van der Waals surface area contributed by atoms with Crippen molar-refractivity contribution in [2.75, 3.05) is 6.54 Å². The molecule has 0 radical (unpaired) electrons. The molecule has 0 saturated carbocycles. The summed E-state index contributed by atoms with van der Waals surface area (Å²) >= 11 is 0. The van der Waals surface area contributed by atoms with E-state index in [0.29, 0.717) is 0 Å². The molecule has 0 aromatic carbocycles. The zero-order chi connectivity index (χ0) is 18.4. The molecule has 1 unspecified atom stereocenters. The first-order chi connectivity index (χ1) is 12.3. The summed E-state index contributed by atoms with van der Waals surface area (Å²) in [6, 6.07) is 0. The van der Waals surface area contributed by atoms with Gasteiger partial charge in [0, 0.05) is 0 Å². The second kappa shape index (κ2) is 21.7. The molecule has 0 rings (SSSR count). The molecule has 25 heavy (non-hydrogen) atoms. The zero-order valence-electron chi connectivity index (χ0n) is 17.7. The quantitative estimate of drug-likeness (QED) is 0.174. The van der Waals surface area contributed by atoms with E-state index in [4.69, 9.17) is 5.73 Å². The van der Waals surface area contributed by atoms with Gasteiger partial charge in [-0.2, -0.15) is 0 Å². The third-order valence-electron chi connectivity index (χ3n) is 5.37. The lowest BCUT2D eigenvalue weighted by atomic mass is 9.92. The minimum atomic E-state index is 0.821.